The van der Waals surface area contributed by atoms with Gasteiger partial charge >= 0.3 is 0 Å². The maximum absolute atomic E-state index is 11.7. The van der Waals surface area contributed by atoms with E-state index in [1.165, 1.54) is 6.92 Å². The summed E-state index contributed by atoms with van der Waals surface area (Å²) < 4.78 is 0. The number of carbonyl (C=O) groups is 3. The summed E-state index contributed by atoms with van der Waals surface area (Å²) in [5, 5.41) is 11.5. The smallest absolute Gasteiger partial charge is 0.242 e. The molecule has 0 aliphatic carbocycles. The highest BCUT2D eigenvalue weighted by atomic mass is 16.3. The van der Waals surface area contributed by atoms with Gasteiger partial charge < -0.3 is 26.7 Å². The molecule has 6 N–H and O–H groups in total. The Morgan fingerprint density at radius 1 is 1.39 bits per heavy atom. The Labute approximate surface area is 106 Å². The number of aliphatic hydroxyl groups excluding tert-OH is 1. The van der Waals surface area contributed by atoms with Gasteiger partial charge in [0.25, 0.3) is 0 Å². The minimum atomic E-state index is -1.19. The van der Waals surface area contributed by atoms with E-state index >= 15 is 0 Å². The highest BCUT2D eigenvalue weighted by Crippen LogP contribution is 2.07. The molecule has 3 atom stereocenters. The van der Waals surface area contributed by atoms with Gasteiger partial charge in [-0.2, -0.15) is 0 Å². The number of hydrogen-bond donors (Lipinski definition) is 4. The fourth-order valence-electron chi connectivity index (χ4n) is 1.46. The zero-order valence-corrected chi connectivity index (χ0v) is 10.5. The lowest BCUT2D eigenvalue weighted by Gasteiger charge is -2.20. The zero-order chi connectivity index (χ0) is 14.1. The Kier molecular flexibility index (Phi) is 7.89. The number of unbranched alkanes of at least 4 members (excludes halogenated alkanes) is 1. The number of nitrogens with one attached hydrogen (secondary N) is 1. The Bertz CT molecular complexity index is 294. The first-order valence-electron chi connectivity index (χ1n) is 5.87. The van der Waals surface area contributed by atoms with Crippen molar-refractivity contribution in [3.05, 3.63) is 0 Å². The first-order valence-corrected chi connectivity index (χ1v) is 5.87. The topological polar surface area (TPSA) is 136 Å². The van der Waals surface area contributed by atoms with Crippen molar-refractivity contribution in [3.8, 4) is 0 Å². The SMILES string of the molecule is CC(O)C(NC(=O)C(C=O)CCCCN)C(N)=O. The maximum atomic E-state index is 11.7. The monoisotopic (exact) mass is 259 g/mol. The molecule has 0 aliphatic heterocycles. The van der Waals surface area contributed by atoms with E-state index in [1.807, 2.05) is 0 Å². The summed E-state index contributed by atoms with van der Waals surface area (Å²) in [7, 11) is 0. The van der Waals surface area contributed by atoms with Crippen molar-refractivity contribution in [2.24, 2.45) is 17.4 Å². The van der Waals surface area contributed by atoms with Crippen molar-refractivity contribution in [2.75, 3.05) is 6.54 Å². The lowest BCUT2D eigenvalue weighted by atomic mass is 10.0. The minimum absolute atomic E-state index is 0.359. The first kappa shape index (κ1) is 16.5. The average Bonchev–Trinajstić information content (AvgIpc) is 2.30. The van der Waals surface area contributed by atoms with Gasteiger partial charge in [-0.25, -0.2) is 0 Å². The molecule has 2 amide bonds. The van der Waals surface area contributed by atoms with Crippen LogP contribution < -0.4 is 16.8 Å². The van der Waals surface area contributed by atoms with Gasteiger partial charge in [0.05, 0.1) is 12.0 Å². The fourth-order valence-corrected chi connectivity index (χ4v) is 1.46. The molecule has 0 saturated carbocycles. The Morgan fingerprint density at radius 3 is 2.39 bits per heavy atom. The van der Waals surface area contributed by atoms with Gasteiger partial charge in [0.15, 0.2) is 0 Å². The van der Waals surface area contributed by atoms with Crippen LogP contribution in [0.4, 0.5) is 0 Å². The second-order valence-electron chi connectivity index (χ2n) is 4.16. The molecule has 3 unspecified atom stereocenters. The number of aldehydes is 1. The lowest BCUT2D eigenvalue weighted by molar-refractivity contribution is -0.134. The van der Waals surface area contributed by atoms with Crippen molar-refractivity contribution in [3.63, 3.8) is 0 Å². The molecule has 7 nitrogen and oxygen atoms in total. The molecule has 0 spiro atoms. The van der Waals surface area contributed by atoms with E-state index in [1.54, 1.807) is 0 Å². The number of carbonyl (C=O) groups excluding carboxylic acids is 3. The summed E-state index contributed by atoms with van der Waals surface area (Å²) in [4.78, 5) is 33.5. The predicted molar refractivity (Wildman–Crippen MR) is 65.3 cm³/mol. The summed E-state index contributed by atoms with van der Waals surface area (Å²) in [5.74, 6) is -2.30. The molecule has 0 radical (unpaired) electrons. The quantitative estimate of drug-likeness (QED) is 0.222. The Morgan fingerprint density at radius 2 is 2.00 bits per heavy atom. The Hall–Kier alpha value is -1.47. The minimum Gasteiger partial charge on any atom is -0.391 e. The molecule has 0 aromatic carbocycles. The van der Waals surface area contributed by atoms with Crippen LogP contribution in [0.2, 0.25) is 0 Å². The number of nitrogens with two attached hydrogens (primary N) is 2. The van der Waals surface area contributed by atoms with Gasteiger partial charge in [0, 0.05) is 0 Å². The van der Waals surface area contributed by atoms with Crippen molar-refractivity contribution in [1.82, 2.24) is 5.32 Å². The molecule has 0 saturated heterocycles. The standard InChI is InChI=1S/C11H21N3O4/c1-7(16)9(10(13)17)14-11(18)8(6-15)4-2-3-5-12/h6-9,16H,2-5,12H2,1H3,(H2,13,17)(H,14,18). The van der Waals surface area contributed by atoms with Gasteiger partial charge in [-0.15, -0.1) is 0 Å². The summed E-state index contributed by atoms with van der Waals surface area (Å²) in [6.45, 7) is 1.82. The molecule has 0 rings (SSSR count). The fraction of sp³-hybridized carbons (Fsp3) is 0.727. The van der Waals surface area contributed by atoms with Crippen LogP contribution in [0, 0.1) is 5.92 Å². The molecule has 0 fully saturated rings. The average molecular weight is 259 g/mol. The van der Waals surface area contributed by atoms with Crippen LogP contribution in [0.15, 0.2) is 0 Å². The van der Waals surface area contributed by atoms with Crippen LogP contribution in [0.3, 0.4) is 0 Å². The van der Waals surface area contributed by atoms with E-state index in [2.05, 4.69) is 5.32 Å². The lowest BCUT2D eigenvalue weighted by Crippen LogP contribution is -2.52. The molecular weight excluding hydrogens is 238 g/mol. The van der Waals surface area contributed by atoms with Gasteiger partial charge in [0.2, 0.25) is 11.8 Å². The van der Waals surface area contributed by atoms with Crippen LogP contribution >= 0.6 is 0 Å². The molecule has 0 bridgehead atoms. The summed E-state index contributed by atoms with van der Waals surface area (Å²) in [6, 6.07) is -1.19. The van der Waals surface area contributed by atoms with Crippen molar-refractivity contribution in [2.45, 2.75) is 38.3 Å². The van der Waals surface area contributed by atoms with Crippen LogP contribution in [0.1, 0.15) is 26.2 Å². The van der Waals surface area contributed by atoms with Crippen LogP contribution in [0.5, 0.6) is 0 Å². The van der Waals surface area contributed by atoms with Gasteiger partial charge in [-0.05, 0) is 26.3 Å². The van der Waals surface area contributed by atoms with E-state index in [9.17, 15) is 19.5 Å². The zero-order valence-electron chi connectivity index (χ0n) is 10.5. The van der Waals surface area contributed by atoms with E-state index in [4.69, 9.17) is 11.5 Å². The molecule has 18 heavy (non-hydrogen) atoms. The van der Waals surface area contributed by atoms with Crippen LogP contribution in [0.25, 0.3) is 0 Å². The first-order chi connectivity index (χ1) is 8.43. The van der Waals surface area contributed by atoms with E-state index in [-0.39, 0.29) is 0 Å². The maximum Gasteiger partial charge on any atom is 0.242 e. The van der Waals surface area contributed by atoms with Gasteiger partial charge in [-0.3, -0.25) is 9.59 Å². The number of primary amides is 1. The second-order valence-corrected chi connectivity index (χ2v) is 4.16. The van der Waals surface area contributed by atoms with Crippen LogP contribution in [-0.4, -0.2) is 41.9 Å². The number of amides is 2. The molecule has 7 heteroatoms. The van der Waals surface area contributed by atoms with E-state index in [0.717, 1.165) is 0 Å². The molecule has 0 heterocycles. The molecule has 104 valence electrons. The number of rotatable bonds is 9. The van der Waals surface area contributed by atoms with Crippen molar-refractivity contribution >= 4 is 18.1 Å². The molecule has 0 aliphatic rings. The van der Waals surface area contributed by atoms with E-state index in [0.29, 0.717) is 32.1 Å². The largest absolute Gasteiger partial charge is 0.391 e. The third-order valence-electron chi connectivity index (χ3n) is 2.56. The summed E-state index contributed by atoms with van der Waals surface area (Å²) in [6.07, 6.45) is 1.13. The second kappa shape index (κ2) is 8.60. The molecule has 0 aromatic rings. The highest BCUT2D eigenvalue weighted by molar-refractivity contribution is 5.94. The summed E-state index contributed by atoms with van der Waals surface area (Å²) >= 11 is 0. The van der Waals surface area contributed by atoms with Crippen molar-refractivity contribution < 1.29 is 19.5 Å². The van der Waals surface area contributed by atoms with Gasteiger partial charge in [0.1, 0.15) is 12.3 Å². The third-order valence-corrected chi connectivity index (χ3v) is 2.56. The van der Waals surface area contributed by atoms with Crippen LogP contribution in [-0.2, 0) is 14.4 Å². The number of hydrogen-bond acceptors (Lipinski definition) is 5. The van der Waals surface area contributed by atoms with Crippen molar-refractivity contribution in [1.29, 1.82) is 0 Å². The normalized spacial score (nSPS) is 15.5. The predicted octanol–water partition coefficient (Wildman–Crippen LogP) is -1.72. The molecule has 0 aromatic heterocycles. The number of aliphatic hydroxyl groups is 1. The Balaban J connectivity index is 4.40. The highest BCUT2D eigenvalue weighted by Gasteiger charge is 2.26. The van der Waals surface area contributed by atoms with Gasteiger partial charge in [-0.1, -0.05) is 6.42 Å². The summed E-state index contributed by atoms with van der Waals surface area (Å²) in [5.41, 5.74) is 10.3. The molecular formula is C11H21N3O4. The third kappa shape index (κ3) is 5.74. The van der Waals surface area contributed by atoms with E-state index < -0.39 is 29.9 Å².